The number of carbonyl (C=O) groups excluding carboxylic acids is 1. The molecular weight excluding hydrogens is 214 g/mol. The maximum Gasteiger partial charge on any atom is 0.186 e. The smallest absolute Gasteiger partial charge is 0.186 e. The lowest BCUT2D eigenvalue weighted by atomic mass is 10.1. The third-order valence-corrected chi connectivity index (χ3v) is 3.14. The summed E-state index contributed by atoms with van der Waals surface area (Å²) in [5.41, 5.74) is 3.97. The van der Waals surface area contributed by atoms with Crippen LogP contribution in [0.3, 0.4) is 0 Å². The zero-order chi connectivity index (χ0) is 12.6. The Morgan fingerprint density at radius 2 is 2.06 bits per heavy atom. The third-order valence-electron chi connectivity index (χ3n) is 3.14. The topological polar surface area (TPSA) is 39.8 Å². The summed E-state index contributed by atoms with van der Waals surface area (Å²) < 4.78 is 3.71. The summed E-state index contributed by atoms with van der Waals surface area (Å²) in [7, 11) is 1.97. The van der Waals surface area contributed by atoms with E-state index in [0.29, 0.717) is 6.54 Å². The molecule has 0 N–H and O–H groups in total. The van der Waals surface area contributed by atoms with Crippen LogP contribution in [-0.2, 0) is 13.6 Å². The molecule has 2 rings (SSSR count). The summed E-state index contributed by atoms with van der Waals surface area (Å²) in [5.74, 6) is 0.106. The molecule has 4 heteroatoms. The Morgan fingerprint density at radius 3 is 2.53 bits per heavy atom. The fourth-order valence-corrected chi connectivity index (χ4v) is 1.92. The Kier molecular flexibility index (Phi) is 2.88. The van der Waals surface area contributed by atoms with Gasteiger partial charge in [0, 0.05) is 30.2 Å². The van der Waals surface area contributed by atoms with Crippen LogP contribution >= 0.6 is 0 Å². The molecule has 0 fully saturated rings. The molecule has 0 aliphatic heterocycles. The number of aromatic nitrogens is 3. The number of ketones is 1. The second kappa shape index (κ2) is 4.20. The second-order valence-electron chi connectivity index (χ2n) is 4.48. The monoisotopic (exact) mass is 231 g/mol. The Hall–Kier alpha value is -1.84. The van der Waals surface area contributed by atoms with Gasteiger partial charge in [-0.05, 0) is 32.4 Å². The van der Waals surface area contributed by atoms with E-state index in [2.05, 4.69) is 5.10 Å². The molecule has 0 saturated heterocycles. The van der Waals surface area contributed by atoms with E-state index in [9.17, 15) is 4.79 Å². The van der Waals surface area contributed by atoms with Crippen molar-refractivity contribution < 1.29 is 4.79 Å². The molecule has 0 spiro atoms. The van der Waals surface area contributed by atoms with E-state index in [1.807, 2.05) is 44.6 Å². The van der Waals surface area contributed by atoms with E-state index in [4.69, 9.17) is 0 Å². The molecule has 2 aromatic rings. The van der Waals surface area contributed by atoms with Crippen LogP contribution in [0.15, 0.2) is 18.5 Å². The highest BCUT2D eigenvalue weighted by atomic mass is 16.1. The van der Waals surface area contributed by atoms with Gasteiger partial charge in [-0.2, -0.15) is 5.10 Å². The van der Waals surface area contributed by atoms with E-state index in [0.717, 1.165) is 22.5 Å². The summed E-state index contributed by atoms with van der Waals surface area (Å²) in [5, 5.41) is 4.13. The summed E-state index contributed by atoms with van der Waals surface area (Å²) in [6.45, 7) is 6.24. The molecule has 2 aromatic heterocycles. The maximum absolute atomic E-state index is 12.1. The predicted octanol–water partition coefficient (Wildman–Crippen LogP) is 2.03. The average Bonchev–Trinajstić information content (AvgIpc) is 2.78. The minimum atomic E-state index is 0.106. The van der Waals surface area contributed by atoms with Gasteiger partial charge in [0.15, 0.2) is 5.78 Å². The zero-order valence-electron chi connectivity index (χ0n) is 10.7. The van der Waals surface area contributed by atoms with Crippen LogP contribution in [0.2, 0.25) is 0 Å². The second-order valence-corrected chi connectivity index (χ2v) is 4.48. The fourth-order valence-electron chi connectivity index (χ4n) is 1.92. The predicted molar refractivity (Wildman–Crippen MR) is 66.2 cm³/mol. The molecule has 4 nitrogen and oxygen atoms in total. The highest BCUT2D eigenvalue weighted by Gasteiger charge is 2.14. The van der Waals surface area contributed by atoms with Crippen molar-refractivity contribution in [2.24, 2.45) is 7.05 Å². The quantitative estimate of drug-likeness (QED) is 0.758. The highest BCUT2D eigenvalue weighted by molar-refractivity contribution is 5.97. The number of aryl methyl sites for hydroxylation is 2. The lowest BCUT2D eigenvalue weighted by Gasteiger charge is -2.02. The molecule has 0 aromatic carbocycles. The van der Waals surface area contributed by atoms with E-state index < -0.39 is 0 Å². The Morgan fingerprint density at radius 1 is 1.35 bits per heavy atom. The number of carbonyl (C=O) groups is 1. The van der Waals surface area contributed by atoms with Crippen LogP contribution in [0.1, 0.15) is 27.3 Å². The number of hydrogen-bond donors (Lipinski definition) is 0. The largest absolute Gasteiger partial charge is 0.351 e. The van der Waals surface area contributed by atoms with Crippen molar-refractivity contribution in [2.75, 3.05) is 0 Å². The molecule has 2 heterocycles. The van der Waals surface area contributed by atoms with E-state index in [1.54, 1.807) is 10.9 Å². The first-order chi connectivity index (χ1) is 7.99. The molecule has 0 saturated carbocycles. The van der Waals surface area contributed by atoms with Crippen molar-refractivity contribution >= 4 is 5.78 Å². The molecular formula is C13H17N3O. The van der Waals surface area contributed by atoms with Gasteiger partial charge in [-0.1, -0.05) is 0 Å². The minimum absolute atomic E-state index is 0.106. The van der Waals surface area contributed by atoms with Gasteiger partial charge in [0.2, 0.25) is 0 Å². The lowest BCUT2D eigenvalue weighted by Crippen LogP contribution is -2.11. The van der Waals surface area contributed by atoms with Gasteiger partial charge in [0.1, 0.15) is 6.54 Å². The molecule has 0 amide bonds. The van der Waals surface area contributed by atoms with E-state index in [-0.39, 0.29) is 5.78 Å². The summed E-state index contributed by atoms with van der Waals surface area (Å²) >= 11 is 0. The summed E-state index contributed by atoms with van der Waals surface area (Å²) in [6.07, 6.45) is 3.64. The number of rotatable bonds is 3. The number of Topliss-reactive ketones (excluding diaryl/α,β-unsaturated/α-hetero) is 1. The zero-order valence-corrected chi connectivity index (χ0v) is 10.7. The van der Waals surface area contributed by atoms with Crippen molar-refractivity contribution in [1.29, 1.82) is 0 Å². The van der Waals surface area contributed by atoms with Crippen molar-refractivity contribution in [3.63, 3.8) is 0 Å². The van der Waals surface area contributed by atoms with Gasteiger partial charge in [0.05, 0.1) is 6.20 Å². The van der Waals surface area contributed by atoms with Crippen LogP contribution in [0, 0.1) is 20.8 Å². The summed E-state index contributed by atoms with van der Waals surface area (Å²) in [6, 6.07) is 1.94. The normalized spacial score (nSPS) is 10.8. The van der Waals surface area contributed by atoms with Crippen molar-refractivity contribution in [2.45, 2.75) is 27.3 Å². The fraction of sp³-hybridized carbons (Fsp3) is 0.385. The first kappa shape index (κ1) is 11.6. The van der Waals surface area contributed by atoms with Crippen LogP contribution in [-0.4, -0.2) is 20.1 Å². The van der Waals surface area contributed by atoms with Crippen molar-refractivity contribution in [1.82, 2.24) is 14.3 Å². The third kappa shape index (κ3) is 2.16. The van der Waals surface area contributed by atoms with E-state index >= 15 is 0 Å². The molecule has 0 radical (unpaired) electrons. The number of hydrogen-bond acceptors (Lipinski definition) is 2. The molecule has 17 heavy (non-hydrogen) atoms. The Bertz CT molecular complexity index is 563. The Labute approximate surface area is 101 Å². The van der Waals surface area contributed by atoms with Crippen LogP contribution in [0.25, 0.3) is 0 Å². The molecule has 0 bridgehead atoms. The standard InChI is InChI=1S/C13H17N3O/c1-9-6-14-16(7-9)8-13(17)12-5-10(2)15(4)11(12)3/h5-7H,8H2,1-4H3. The van der Waals surface area contributed by atoms with Crippen LogP contribution in [0.4, 0.5) is 0 Å². The maximum atomic E-state index is 12.1. The molecule has 0 aliphatic carbocycles. The molecule has 90 valence electrons. The van der Waals surface area contributed by atoms with Crippen LogP contribution < -0.4 is 0 Å². The van der Waals surface area contributed by atoms with Gasteiger partial charge in [-0.15, -0.1) is 0 Å². The minimum Gasteiger partial charge on any atom is -0.351 e. The van der Waals surface area contributed by atoms with Crippen LogP contribution in [0.5, 0.6) is 0 Å². The molecule has 0 atom stereocenters. The van der Waals surface area contributed by atoms with Crippen molar-refractivity contribution in [3.05, 3.63) is 41.0 Å². The molecule has 0 unspecified atom stereocenters. The lowest BCUT2D eigenvalue weighted by molar-refractivity contribution is 0.0967. The van der Waals surface area contributed by atoms with Gasteiger partial charge < -0.3 is 4.57 Å². The first-order valence-electron chi connectivity index (χ1n) is 5.64. The van der Waals surface area contributed by atoms with Gasteiger partial charge in [0.25, 0.3) is 0 Å². The Balaban J connectivity index is 2.23. The van der Waals surface area contributed by atoms with Gasteiger partial charge in [-0.3, -0.25) is 9.48 Å². The van der Waals surface area contributed by atoms with Gasteiger partial charge >= 0.3 is 0 Å². The SMILES string of the molecule is Cc1cnn(CC(=O)c2cc(C)n(C)c2C)c1. The van der Waals surface area contributed by atoms with Gasteiger partial charge in [-0.25, -0.2) is 0 Å². The number of nitrogens with zero attached hydrogens (tertiary/aromatic N) is 3. The van der Waals surface area contributed by atoms with Crippen molar-refractivity contribution in [3.8, 4) is 0 Å². The first-order valence-corrected chi connectivity index (χ1v) is 5.64. The molecule has 0 aliphatic rings. The average molecular weight is 231 g/mol. The highest BCUT2D eigenvalue weighted by Crippen LogP contribution is 2.14. The summed E-state index contributed by atoms with van der Waals surface area (Å²) in [4.78, 5) is 12.1. The van der Waals surface area contributed by atoms with E-state index in [1.165, 1.54) is 0 Å².